The van der Waals surface area contributed by atoms with Gasteiger partial charge in [-0.05, 0) is 19.1 Å². The van der Waals surface area contributed by atoms with Crippen LogP contribution in [0.2, 0.25) is 0 Å². The molecule has 1 aromatic rings. The van der Waals surface area contributed by atoms with Crippen molar-refractivity contribution in [1.82, 2.24) is 5.32 Å². The third-order valence-corrected chi connectivity index (χ3v) is 2.36. The van der Waals surface area contributed by atoms with E-state index in [1.165, 1.54) is 0 Å². The SMILES string of the molecule is CCOc1cccc(OCC(CO)NC(C)C)c1. The number of hydrogen-bond acceptors (Lipinski definition) is 4. The Hall–Kier alpha value is -1.26. The first-order valence-electron chi connectivity index (χ1n) is 6.38. The molecule has 0 aliphatic heterocycles. The molecule has 0 aliphatic rings. The lowest BCUT2D eigenvalue weighted by atomic mass is 10.2. The minimum atomic E-state index is -0.0549. The van der Waals surface area contributed by atoms with Gasteiger partial charge in [0.1, 0.15) is 18.1 Å². The van der Waals surface area contributed by atoms with Crippen molar-refractivity contribution in [3.63, 3.8) is 0 Å². The van der Waals surface area contributed by atoms with Gasteiger partial charge in [0.05, 0.1) is 19.3 Å². The van der Waals surface area contributed by atoms with E-state index in [0.717, 1.165) is 11.5 Å². The summed E-state index contributed by atoms with van der Waals surface area (Å²) < 4.78 is 11.0. The highest BCUT2D eigenvalue weighted by Crippen LogP contribution is 2.19. The average Bonchev–Trinajstić information content (AvgIpc) is 2.35. The first-order valence-corrected chi connectivity index (χ1v) is 6.38. The van der Waals surface area contributed by atoms with Crippen LogP contribution in [0.25, 0.3) is 0 Å². The van der Waals surface area contributed by atoms with Gasteiger partial charge in [0, 0.05) is 12.1 Å². The molecule has 2 N–H and O–H groups in total. The molecule has 0 spiro atoms. The van der Waals surface area contributed by atoms with Crippen LogP contribution in [0, 0.1) is 0 Å². The number of nitrogens with one attached hydrogen (secondary N) is 1. The molecule has 0 saturated heterocycles. The summed E-state index contributed by atoms with van der Waals surface area (Å²) in [7, 11) is 0. The van der Waals surface area contributed by atoms with Crippen molar-refractivity contribution < 1.29 is 14.6 Å². The van der Waals surface area contributed by atoms with Gasteiger partial charge in [0.25, 0.3) is 0 Å². The molecule has 4 nitrogen and oxygen atoms in total. The van der Waals surface area contributed by atoms with Crippen LogP contribution in [0.5, 0.6) is 11.5 Å². The predicted molar refractivity (Wildman–Crippen MR) is 72.3 cm³/mol. The molecule has 1 atom stereocenters. The third kappa shape index (κ3) is 5.38. The molecule has 18 heavy (non-hydrogen) atoms. The van der Waals surface area contributed by atoms with Crippen molar-refractivity contribution in [2.24, 2.45) is 0 Å². The Morgan fingerprint density at radius 1 is 1.22 bits per heavy atom. The van der Waals surface area contributed by atoms with Gasteiger partial charge in [-0.2, -0.15) is 0 Å². The van der Waals surface area contributed by atoms with Crippen molar-refractivity contribution in [1.29, 1.82) is 0 Å². The number of aliphatic hydroxyl groups is 1. The average molecular weight is 253 g/mol. The van der Waals surface area contributed by atoms with Crippen LogP contribution in [0.3, 0.4) is 0 Å². The second-order valence-electron chi connectivity index (χ2n) is 4.42. The molecule has 1 aromatic carbocycles. The van der Waals surface area contributed by atoms with Crippen LogP contribution >= 0.6 is 0 Å². The van der Waals surface area contributed by atoms with Gasteiger partial charge in [-0.1, -0.05) is 19.9 Å². The van der Waals surface area contributed by atoms with E-state index in [2.05, 4.69) is 5.32 Å². The van der Waals surface area contributed by atoms with E-state index in [1.54, 1.807) is 0 Å². The standard InChI is InChI=1S/C14H23NO3/c1-4-17-13-6-5-7-14(8-13)18-10-12(9-16)15-11(2)3/h5-8,11-12,15-16H,4,9-10H2,1-3H3. The number of hydrogen-bond donors (Lipinski definition) is 2. The van der Waals surface area contributed by atoms with Gasteiger partial charge < -0.3 is 19.9 Å². The van der Waals surface area contributed by atoms with Crippen LogP contribution in [0.15, 0.2) is 24.3 Å². The molecule has 102 valence electrons. The van der Waals surface area contributed by atoms with E-state index in [-0.39, 0.29) is 12.6 Å². The monoisotopic (exact) mass is 253 g/mol. The molecule has 4 heteroatoms. The van der Waals surface area contributed by atoms with Crippen LogP contribution in [0.1, 0.15) is 20.8 Å². The maximum atomic E-state index is 9.22. The summed E-state index contributed by atoms with van der Waals surface area (Å²) in [5, 5.41) is 12.5. The van der Waals surface area contributed by atoms with Crippen molar-refractivity contribution in [2.75, 3.05) is 19.8 Å². The highest BCUT2D eigenvalue weighted by Gasteiger charge is 2.09. The number of benzene rings is 1. The normalized spacial score (nSPS) is 12.5. The minimum Gasteiger partial charge on any atom is -0.494 e. The van der Waals surface area contributed by atoms with Gasteiger partial charge in [0.15, 0.2) is 0 Å². The Morgan fingerprint density at radius 2 is 1.89 bits per heavy atom. The molecule has 0 bridgehead atoms. The maximum Gasteiger partial charge on any atom is 0.123 e. The Morgan fingerprint density at radius 3 is 2.44 bits per heavy atom. The maximum absolute atomic E-state index is 9.22. The molecule has 0 amide bonds. The molecule has 0 fully saturated rings. The number of aliphatic hydroxyl groups excluding tert-OH is 1. The Kier molecular flexibility index (Phi) is 6.54. The van der Waals surface area contributed by atoms with Crippen molar-refractivity contribution in [3.05, 3.63) is 24.3 Å². The molecule has 0 saturated carbocycles. The van der Waals surface area contributed by atoms with Crippen molar-refractivity contribution in [2.45, 2.75) is 32.9 Å². The largest absolute Gasteiger partial charge is 0.494 e. The van der Waals surface area contributed by atoms with E-state index in [0.29, 0.717) is 19.3 Å². The number of rotatable bonds is 8. The third-order valence-electron chi connectivity index (χ3n) is 2.36. The number of ether oxygens (including phenoxy) is 2. The van der Waals surface area contributed by atoms with Crippen LogP contribution < -0.4 is 14.8 Å². The molecular formula is C14H23NO3. The highest BCUT2D eigenvalue weighted by molar-refractivity contribution is 5.32. The predicted octanol–water partition coefficient (Wildman–Crippen LogP) is 1.82. The second kappa shape index (κ2) is 7.95. The van der Waals surface area contributed by atoms with Gasteiger partial charge >= 0.3 is 0 Å². The zero-order valence-corrected chi connectivity index (χ0v) is 11.3. The highest BCUT2D eigenvalue weighted by atomic mass is 16.5. The molecule has 0 heterocycles. The topological polar surface area (TPSA) is 50.7 Å². The van der Waals surface area contributed by atoms with Gasteiger partial charge in [-0.25, -0.2) is 0 Å². The zero-order chi connectivity index (χ0) is 13.4. The molecule has 1 unspecified atom stereocenters. The second-order valence-corrected chi connectivity index (χ2v) is 4.42. The molecule has 0 aromatic heterocycles. The van der Waals surface area contributed by atoms with Crippen LogP contribution in [-0.2, 0) is 0 Å². The lowest BCUT2D eigenvalue weighted by Gasteiger charge is -2.19. The van der Waals surface area contributed by atoms with Gasteiger partial charge in [0.2, 0.25) is 0 Å². The molecular weight excluding hydrogens is 230 g/mol. The summed E-state index contributed by atoms with van der Waals surface area (Å²) in [4.78, 5) is 0. The molecule has 0 radical (unpaired) electrons. The molecule has 1 rings (SSSR count). The van der Waals surface area contributed by atoms with E-state index in [9.17, 15) is 5.11 Å². The summed E-state index contributed by atoms with van der Waals surface area (Å²) >= 11 is 0. The fraction of sp³-hybridized carbons (Fsp3) is 0.571. The Bertz CT molecular complexity index is 342. The van der Waals surface area contributed by atoms with Crippen LogP contribution in [0.4, 0.5) is 0 Å². The van der Waals surface area contributed by atoms with E-state index < -0.39 is 0 Å². The fourth-order valence-electron chi connectivity index (χ4n) is 1.64. The summed E-state index contributed by atoms with van der Waals surface area (Å²) in [6.07, 6.45) is 0. The minimum absolute atomic E-state index is 0.0549. The summed E-state index contributed by atoms with van der Waals surface area (Å²) in [6.45, 7) is 7.16. The lowest BCUT2D eigenvalue weighted by Crippen LogP contribution is -2.41. The Balaban J connectivity index is 2.48. The summed E-state index contributed by atoms with van der Waals surface area (Å²) in [6, 6.07) is 7.79. The van der Waals surface area contributed by atoms with Crippen molar-refractivity contribution in [3.8, 4) is 11.5 Å². The van der Waals surface area contributed by atoms with E-state index in [4.69, 9.17) is 9.47 Å². The Labute approximate surface area is 109 Å². The van der Waals surface area contributed by atoms with E-state index in [1.807, 2.05) is 45.0 Å². The lowest BCUT2D eigenvalue weighted by molar-refractivity contribution is 0.176. The fourth-order valence-corrected chi connectivity index (χ4v) is 1.64. The first-order chi connectivity index (χ1) is 8.65. The summed E-state index contributed by atoms with van der Waals surface area (Å²) in [5.74, 6) is 1.55. The van der Waals surface area contributed by atoms with Gasteiger partial charge in [-0.3, -0.25) is 0 Å². The van der Waals surface area contributed by atoms with E-state index >= 15 is 0 Å². The summed E-state index contributed by atoms with van der Waals surface area (Å²) in [5.41, 5.74) is 0. The van der Waals surface area contributed by atoms with Crippen molar-refractivity contribution >= 4 is 0 Å². The first kappa shape index (κ1) is 14.8. The smallest absolute Gasteiger partial charge is 0.123 e. The van der Waals surface area contributed by atoms with Crippen LogP contribution in [-0.4, -0.2) is 37.0 Å². The van der Waals surface area contributed by atoms with Gasteiger partial charge in [-0.15, -0.1) is 0 Å². The zero-order valence-electron chi connectivity index (χ0n) is 11.3. The quantitative estimate of drug-likeness (QED) is 0.742. The molecule has 0 aliphatic carbocycles.